The number of rotatable bonds is 5. The van der Waals surface area contributed by atoms with Crippen LogP contribution in [-0.4, -0.2) is 24.2 Å². The molecule has 0 unspecified atom stereocenters. The fourth-order valence-electron chi connectivity index (χ4n) is 1.56. The zero-order chi connectivity index (χ0) is 17.0. The molecule has 10 nitrogen and oxygen atoms in total. The number of non-ortho nitro benzene ring substituents is 1. The van der Waals surface area contributed by atoms with Crippen LogP contribution in [-0.2, 0) is 10.0 Å². The average molecular weight is 337 g/mol. The number of hydrogen-bond donors (Lipinski definition) is 1. The minimum atomic E-state index is -3.99. The van der Waals surface area contributed by atoms with Crippen molar-refractivity contribution in [1.82, 2.24) is 9.93 Å². The van der Waals surface area contributed by atoms with Crippen LogP contribution in [0.3, 0.4) is 0 Å². The predicted molar refractivity (Wildman–Crippen MR) is 78.8 cm³/mol. The summed E-state index contributed by atoms with van der Waals surface area (Å²) in [4.78, 5) is 12.0. The van der Waals surface area contributed by atoms with Crippen LogP contribution in [0.15, 0.2) is 52.6 Å². The summed E-state index contributed by atoms with van der Waals surface area (Å²) in [6, 6.07) is 7.27. The number of nitrogens with zero attached hydrogens (tertiary/aromatic N) is 4. The molecule has 1 aromatic heterocycles. The van der Waals surface area contributed by atoms with E-state index in [0.29, 0.717) is 4.85 Å². The first-order valence-electron chi connectivity index (χ1n) is 6.17. The van der Waals surface area contributed by atoms with E-state index >= 15 is 0 Å². The highest BCUT2D eigenvalue weighted by Gasteiger charge is 2.15. The Balaban J connectivity index is 2.20. The number of sulfonamides is 1. The zero-order valence-corrected chi connectivity index (χ0v) is 12.6. The topological polar surface area (TPSA) is 142 Å². The van der Waals surface area contributed by atoms with Gasteiger partial charge in [0.2, 0.25) is 6.20 Å². The Labute approximate surface area is 130 Å². The van der Waals surface area contributed by atoms with Gasteiger partial charge in [-0.25, -0.2) is 0 Å². The molecule has 0 spiro atoms. The van der Waals surface area contributed by atoms with Gasteiger partial charge in [0.25, 0.3) is 15.7 Å². The molecule has 0 radical (unpaired) electrons. The molecule has 120 valence electrons. The first-order chi connectivity index (χ1) is 10.8. The van der Waals surface area contributed by atoms with Crippen LogP contribution >= 0.6 is 0 Å². The third kappa shape index (κ3) is 3.97. The molecule has 0 saturated carbocycles. The Hall–Kier alpha value is -3.08. The Morgan fingerprint density at radius 1 is 1.30 bits per heavy atom. The third-order valence-electron chi connectivity index (χ3n) is 2.74. The molecule has 1 heterocycles. The van der Waals surface area contributed by atoms with Gasteiger partial charge in [-0.05, 0) is 25.1 Å². The van der Waals surface area contributed by atoms with Gasteiger partial charge in [-0.1, -0.05) is 4.85 Å². The Morgan fingerprint density at radius 2 is 1.96 bits per heavy atom. The van der Waals surface area contributed by atoms with Crippen molar-refractivity contribution in [2.24, 2.45) is 5.10 Å². The standard InChI is InChI=1S/C12H11N5O5S/c1-9(12-3-2-8-16(18)14-12)13-15-23(21,22)11-6-4-10(5-7-11)17(19)20/h2-8,15H,1H3/b13-9-. The van der Waals surface area contributed by atoms with Crippen molar-refractivity contribution in [2.75, 3.05) is 0 Å². The first-order valence-corrected chi connectivity index (χ1v) is 7.65. The lowest BCUT2D eigenvalue weighted by atomic mass is 10.3. The number of nitro benzene ring substituents is 1. The molecule has 0 saturated heterocycles. The van der Waals surface area contributed by atoms with Crippen molar-refractivity contribution in [1.29, 1.82) is 0 Å². The van der Waals surface area contributed by atoms with E-state index in [1.165, 1.54) is 25.3 Å². The monoisotopic (exact) mass is 337 g/mol. The van der Waals surface area contributed by atoms with E-state index in [1.807, 2.05) is 4.83 Å². The molecule has 0 aliphatic carbocycles. The largest absolute Gasteiger partial charge is 0.594 e. The highest BCUT2D eigenvalue weighted by Crippen LogP contribution is 2.15. The van der Waals surface area contributed by atoms with Crippen LogP contribution in [0.2, 0.25) is 0 Å². The van der Waals surface area contributed by atoms with Crippen LogP contribution in [0.1, 0.15) is 12.6 Å². The van der Waals surface area contributed by atoms with Gasteiger partial charge in [-0.2, -0.15) is 18.4 Å². The van der Waals surface area contributed by atoms with E-state index in [4.69, 9.17) is 0 Å². The van der Waals surface area contributed by atoms with Crippen LogP contribution in [0.4, 0.5) is 5.69 Å². The van der Waals surface area contributed by atoms with Crippen molar-refractivity contribution in [3.8, 4) is 0 Å². The highest BCUT2D eigenvalue weighted by atomic mass is 32.2. The number of aromatic nitrogens is 2. The third-order valence-corrected chi connectivity index (χ3v) is 3.96. The average Bonchev–Trinajstić information content (AvgIpc) is 2.52. The van der Waals surface area contributed by atoms with Crippen molar-refractivity contribution in [3.05, 3.63) is 63.6 Å². The van der Waals surface area contributed by atoms with Gasteiger partial charge in [0.1, 0.15) is 0 Å². The molecule has 0 aliphatic heterocycles. The highest BCUT2D eigenvalue weighted by molar-refractivity contribution is 7.89. The Kier molecular flexibility index (Phi) is 4.50. The predicted octanol–water partition coefficient (Wildman–Crippen LogP) is 0.326. The van der Waals surface area contributed by atoms with Crippen molar-refractivity contribution < 1.29 is 18.2 Å². The second kappa shape index (κ2) is 6.36. The molecule has 0 fully saturated rings. The molecule has 0 amide bonds. The quantitative estimate of drug-likeness (QED) is 0.274. The Bertz CT molecular complexity index is 864. The summed E-state index contributed by atoms with van der Waals surface area (Å²) < 4.78 is 24.1. The fraction of sp³-hybridized carbons (Fsp3) is 0.0833. The maximum Gasteiger partial charge on any atom is 0.276 e. The zero-order valence-electron chi connectivity index (χ0n) is 11.8. The van der Waals surface area contributed by atoms with Gasteiger partial charge in [-0.3, -0.25) is 10.1 Å². The van der Waals surface area contributed by atoms with E-state index in [1.54, 1.807) is 0 Å². The maximum absolute atomic E-state index is 12.0. The minimum Gasteiger partial charge on any atom is -0.594 e. The van der Waals surface area contributed by atoms with Crippen molar-refractivity contribution in [2.45, 2.75) is 11.8 Å². The molecule has 0 bridgehead atoms. The Morgan fingerprint density at radius 3 is 2.52 bits per heavy atom. The lowest BCUT2D eigenvalue weighted by Gasteiger charge is -2.04. The van der Waals surface area contributed by atoms with Crippen molar-refractivity contribution in [3.63, 3.8) is 0 Å². The molecule has 2 aromatic rings. The van der Waals surface area contributed by atoms with Crippen LogP contribution in [0.25, 0.3) is 0 Å². The molecule has 0 atom stereocenters. The number of benzene rings is 1. The van der Waals surface area contributed by atoms with Crippen LogP contribution < -0.4 is 9.68 Å². The van der Waals surface area contributed by atoms with E-state index in [2.05, 4.69) is 10.2 Å². The summed E-state index contributed by atoms with van der Waals surface area (Å²) >= 11 is 0. The van der Waals surface area contributed by atoms with Gasteiger partial charge < -0.3 is 5.21 Å². The van der Waals surface area contributed by atoms with E-state index < -0.39 is 14.9 Å². The number of hydrogen-bond acceptors (Lipinski definition) is 7. The SMILES string of the molecule is C/C(=N/NS(=O)(=O)c1ccc([N+](=O)[O-])cc1)c1ccc[n+]([O-])n1. The molecular weight excluding hydrogens is 326 g/mol. The summed E-state index contributed by atoms with van der Waals surface area (Å²) in [6.07, 6.45) is 1.18. The molecule has 11 heteroatoms. The summed E-state index contributed by atoms with van der Waals surface area (Å²) in [6.45, 7) is 1.47. The van der Waals surface area contributed by atoms with E-state index in [9.17, 15) is 23.7 Å². The van der Waals surface area contributed by atoms with Crippen LogP contribution in [0.5, 0.6) is 0 Å². The second-order valence-corrected chi connectivity index (χ2v) is 6.00. The molecule has 23 heavy (non-hydrogen) atoms. The number of hydrazone groups is 1. The fourth-order valence-corrected chi connectivity index (χ4v) is 2.42. The smallest absolute Gasteiger partial charge is 0.276 e. The lowest BCUT2D eigenvalue weighted by molar-refractivity contribution is -0.669. The van der Waals surface area contributed by atoms with E-state index in [0.717, 1.165) is 24.3 Å². The first kappa shape index (κ1) is 16.3. The van der Waals surface area contributed by atoms with Gasteiger partial charge in [0.05, 0.1) is 15.5 Å². The van der Waals surface area contributed by atoms with Crippen LogP contribution in [0, 0.1) is 15.3 Å². The van der Waals surface area contributed by atoms with Crippen molar-refractivity contribution >= 4 is 21.4 Å². The maximum atomic E-state index is 12.0. The summed E-state index contributed by atoms with van der Waals surface area (Å²) in [5.74, 6) is 0. The van der Waals surface area contributed by atoms with Gasteiger partial charge >= 0.3 is 0 Å². The normalized spacial score (nSPS) is 12.0. The number of nitrogens with one attached hydrogen (secondary N) is 1. The van der Waals surface area contributed by atoms with Gasteiger partial charge in [0, 0.05) is 23.3 Å². The lowest BCUT2D eigenvalue weighted by Crippen LogP contribution is -2.32. The van der Waals surface area contributed by atoms with E-state index in [-0.39, 0.29) is 22.0 Å². The minimum absolute atomic E-state index is 0.181. The van der Waals surface area contributed by atoms with Gasteiger partial charge in [0.15, 0.2) is 5.69 Å². The molecule has 1 N–H and O–H groups in total. The number of nitro groups is 1. The molecular formula is C12H11N5O5S. The molecule has 0 aliphatic rings. The summed E-state index contributed by atoms with van der Waals surface area (Å²) in [7, 11) is -3.99. The molecule has 2 rings (SSSR count). The van der Waals surface area contributed by atoms with Gasteiger partial charge in [-0.15, -0.1) is 0 Å². The second-order valence-electron chi connectivity index (χ2n) is 4.34. The molecule has 1 aromatic carbocycles. The summed E-state index contributed by atoms with van der Waals surface area (Å²) in [5.41, 5.74) is 0.159. The summed E-state index contributed by atoms with van der Waals surface area (Å²) in [5, 5.41) is 28.9.